The number of hydrogen-bond acceptors (Lipinski definition) is 5. The molecule has 0 aromatic heterocycles. The number of fused-ring (bicyclic) bond motifs is 1. The summed E-state index contributed by atoms with van der Waals surface area (Å²) in [5.74, 6) is -0.637. The third kappa shape index (κ3) is 5.22. The maximum Gasteiger partial charge on any atom is 0.326 e. The number of rotatable bonds is 8. The molecule has 3 rings (SSSR count). The van der Waals surface area contributed by atoms with Gasteiger partial charge in [-0.2, -0.15) is 0 Å². The van der Waals surface area contributed by atoms with Crippen molar-refractivity contribution in [2.75, 3.05) is 13.2 Å². The Labute approximate surface area is 170 Å². The summed E-state index contributed by atoms with van der Waals surface area (Å²) in [5, 5.41) is 2.50. The smallest absolute Gasteiger partial charge is 0.326 e. The van der Waals surface area contributed by atoms with Crippen LogP contribution in [0.25, 0.3) is 0 Å². The first-order chi connectivity index (χ1) is 14.0. The van der Waals surface area contributed by atoms with Gasteiger partial charge in [-0.25, -0.2) is 0 Å². The van der Waals surface area contributed by atoms with Crippen LogP contribution in [-0.2, 0) is 22.4 Å². The van der Waals surface area contributed by atoms with Gasteiger partial charge in [0.25, 0.3) is 5.91 Å². The molecular weight excluding hydrogens is 370 g/mol. The van der Waals surface area contributed by atoms with Gasteiger partial charge >= 0.3 is 5.97 Å². The van der Waals surface area contributed by atoms with E-state index in [4.69, 9.17) is 9.47 Å². The molecule has 0 fully saturated rings. The van der Waals surface area contributed by atoms with Crippen LogP contribution >= 0.6 is 0 Å². The van der Waals surface area contributed by atoms with Crippen molar-refractivity contribution in [3.63, 3.8) is 0 Å². The van der Waals surface area contributed by atoms with Crippen LogP contribution in [0.15, 0.2) is 42.5 Å². The quantitative estimate of drug-likeness (QED) is 0.549. The fraction of sp³-hybridized carbons (Fsp3) is 0.348. The van der Waals surface area contributed by atoms with Crippen molar-refractivity contribution in [2.45, 2.75) is 39.2 Å². The zero-order valence-corrected chi connectivity index (χ0v) is 16.7. The van der Waals surface area contributed by atoms with Crippen LogP contribution in [0.1, 0.15) is 52.1 Å². The Hall–Kier alpha value is -3.15. The molecule has 1 aliphatic rings. The molecular formula is C23H25NO5. The van der Waals surface area contributed by atoms with E-state index < -0.39 is 18.0 Å². The van der Waals surface area contributed by atoms with Gasteiger partial charge in [-0.1, -0.05) is 12.1 Å². The molecule has 1 amide bonds. The van der Waals surface area contributed by atoms with E-state index in [-0.39, 0.29) is 12.3 Å². The van der Waals surface area contributed by atoms with Crippen LogP contribution in [0, 0.1) is 0 Å². The number of esters is 1. The summed E-state index contributed by atoms with van der Waals surface area (Å²) >= 11 is 0. The summed E-state index contributed by atoms with van der Waals surface area (Å²) in [6, 6.07) is 12.3. The molecule has 0 unspecified atom stereocenters. The topological polar surface area (TPSA) is 81.7 Å². The van der Waals surface area contributed by atoms with Crippen LogP contribution in [0.3, 0.4) is 0 Å². The van der Waals surface area contributed by atoms with Gasteiger partial charge in [-0.3, -0.25) is 14.4 Å². The lowest BCUT2D eigenvalue weighted by molar-refractivity contribution is -0.145. The Kier molecular flexibility index (Phi) is 6.65. The average molecular weight is 395 g/mol. The Morgan fingerprint density at radius 3 is 2.41 bits per heavy atom. The second-order valence-corrected chi connectivity index (χ2v) is 6.97. The number of nitrogens with one attached hydrogen (secondary N) is 1. The Bertz CT molecular complexity index is 904. The monoisotopic (exact) mass is 395 g/mol. The number of Topliss-reactive ketones (excluding diaryl/α,β-unsaturated/α-hetero) is 1. The zero-order chi connectivity index (χ0) is 20.8. The van der Waals surface area contributed by atoms with Crippen LogP contribution in [-0.4, -0.2) is 36.9 Å². The van der Waals surface area contributed by atoms with Gasteiger partial charge in [0.15, 0.2) is 6.10 Å². The second-order valence-electron chi connectivity index (χ2n) is 6.97. The molecule has 1 aliphatic carbocycles. The third-order valence-electron chi connectivity index (χ3n) is 4.88. The molecule has 1 atom stereocenters. The van der Waals surface area contributed by atoms with E-state index in [0.717, 1.165) is 19.3 Å². The minimum absolute atomic E-state index is 0.245. The van der Waals surface area contributed by atoms with Gasteiger partial charge in [0.1, 0.15) is 12.3 Å². The summed E-state index contributed by atoms with van der Waals surface area (Å²) in [6.07, 6.45) is 2.21. The Morgan fingerprint density at radius 1 is 1.00 bits per heavy atom. The predicted octanol–water partition coefficient (Wildman–Crippen LogP) is 3.12. The number of carbonyl (C=O) groups excluding carboxylic acids is 3. The maximum absolute atomic E-state index is 12.5. The lowest BCUT2D eigenvalue weighted by atomic mass is 10.0. The number of aryl methyl sites for hydroxylation is 2. The van der Waals surface area contributed by atoms with E-state index in [1.54, 1.807) is 37.3 Å². The average Bonchev–Trinajstić information content (AvgIpc) is 3.20. The van der Waals surface area contributed by atoms with Crippen molar-refractivity contribution in [1.82, 2.24) is 5.32 Å². The second kappa shape index (κ2) is 9.37. The summed E-state index contributed by atoms with van der Waals surface area (Å²) in [4.78, 5) is 36.7. The molecule has 2 aromatic carbocycles. The molecule has 6 nitrogen and oxygen atoms in total. The lowest BCUT2D eigenvalue weighted by Gasteiger charge is -2.13. The van der Waals surface area contributed by atoms with Crippen LogP contribution in [0.4, 0.5) is 0 Å². The maximum atomic E-state index is 12.5. The van der Waals surface area contributed by atoms with Crippen LogP contribution in [0.5, 0.6) is 5.75 Å². The van der Waals surface area contributed by atoms with E-state index in [1.165, 1.54) is 11.1 Å². The number of benzene rings is 2. The Balaban J connectivity index is 1.49. The first kappa shape index (κ1) is 20.6. The van der Waals surface area contributed by atoms with Gasteiger partial charge in [-0.15, -0.1) is 0 Å². The first-order valence-electron chi connectivity index (χ1n) is 9.84. The van der Waals surface area contributed by atoms with Crippen molar-refractivity contribution >= 4 is 17.7 Å². The normalized spacial score (nSPS) is 13.3. The highest BCUT2D eigenvalue weighted by Crippen LogP contribution is 2.23. The van der Waals surface area contributed by atoms with Crippen molar-refractivity contribution < 1.29 is 23.9 Å². The predicted molar refractivity (Wildman–Crippen MR) is 108 cm³/mol. The molecule has 0 bridgehead atoms. The highest BCUT2D eigenvalue weighted by Gasteiger charge is 2.22. The summed E-state index contributed by atoms with van der Waals surface area (Å²) in [7, 11) is 0. The number of carbonyl (C=O) groups is 3. The fourth-order valence-electron chi connectivity index (χ4n) is 3.38. The van der Waals surface area contributed by atoms with E-state index in [1.807, 2.05) is 19.1 Å². The standard InChI is InChI=1S/C23H25NO5/c1-3-28-20-11-9-17(10-12-20)23(27)24-14-21(25)29-15(2)22(26)19-8-7-16-5-4-6-18(16)13-19/h7-13,15H,3-6,14H2,1-2H3,(H,24,27)/t15-/m1/s1. The van der Waals surface area contributed by atoms with Gasteiger partial charge < -0.3 is 14.8 Å². The van der Waals surface area contributed by atoms with E-state index >= 15 is 0 Å². The molecule has 0 saturated carbocycles. The number of amides is 1. The lowest BCUT2D eigenvalue weighted by Crippen LogP contribution is -2.34. The molecule has 0 saturated heterocycles. The summed E-state index contributed by atoms with van der Waals surface area (Å²) < 4.78 is 10.5. The molecule has 0 aliphatic heterocycles. The number of ether oxygens (including phenoxy) is 2. The fourth-order valence-corrected chi connectivity index (χ4v) is 3.38. The van der Waals surface area contributed by atoms with Gasteiger partial charge in [0, 0.05) is 11.1 Å². The molecule has 0 spiro atoms. The van der Waals surface area contributed by atoms with E-state index in [9.17, 15) is 14.4 Å². The molecule has 0 heterocycles. The highest BCUT2D eigenvalue weighted by molar-refractivity contribution is 6.01. The third-order valence-corrected chi connectivity index (χ3v) is 4.88. The highest BCUT2D eigenvalue weighted by atomic mass is 16.5. The number of ketones is 1. The largest absolute Gasteiger partial charge is 0.494 e. The van der Waals surface area contributed by atoms with Crippen molar-refractivity contribution in [2.24, 2.45) is 0 Å². The summed E-state index contributed by atoms with van der Waals surface area (Å²) in [6.45, 7) is 3.65. The number of hydrogen-bond donors (Lipinski definition) is 1. The molecule has 0 radical (unpaired) electrons. The SMILES string of the molecule is CCOc1ccc(C(=O)NCC(=O)O[C@H](C)C(=O)c2ccc3c(c2)CCC3)cc1. The molecule has 152 valence electrons. The zero-order valence-electron chi connectivity index (χ0n) is 16.7. The molecule has 29 heavy (non-hydrogen) atoms. The summed E-state index contributed by atoms with van der Waals surface area (Å²) in [5.41, 5.74) is 3.42. The van der Waals surface area contributed by atoms with Crippen molar-refractivity contribution in [1.29, 1.82) is 0 Å². The van der Waals surface area contributed by atoms with Crippen molar-refractivity contribution in [3.05, 3.63) is 64.7 Å². The Morgan fingerprint density at radius 2 is 1.69 bits per heavy atom. The van der Waals surface area contributed by atoms with Crippen LogP contribution in [0.2, 0.25) is 0 Å². The minimum atomic E-state index is -0.913. The molecule has 2 aromatic rings. The molecule has 1 N–H and O–H groups in total. The van der Waals surface area contributed by atoms with Gasteiger partial charge in [-0.05, 0) is 74.6 Å². The first-order valence-corrected chi connectivity index (χ1v) is 9.84. The minimum Gasteiger partial charge on any atom is -0.494 e. The van der Waals surface area contributed by atoms with Gasteiger partial charge in [0.05, 0.1) is 6.61 Å². The van der Waals surface area contributed by atoms with Crippen LogP contribution < -0.4 is 10.1 Å². The molecule has 6 heteroatoms. The van der Waals surface area contributed by atoms with E-state index in [0.29, 0.717) is 23.5 Å². The van der Waals surface area contributed by atoms with Gasteiger partial charge in [0.2, 0.25) is 5.78 Å². The van der Waals surface area contributed by atoms with Crippen molar-refractivity contribution in [3.8, 4) is 5.75 Å². The van der Waals surface area contributed by atoms with E-state index in [2.05, 4.69) is 5.32 Å².